The largest absolute Gasteiger partial charge is 0.352 e. The molecule has 24 heavy (non-hydrogen) atoms. The number of benzene rings is 1. The van der Waals surface area contributed by atoms with Gasteiger partial charge in [0.1, 0.15) is 5.15 Å². The lowest BCUT2D eigenvalue weighted by Gasteiger charge is -2.12. The van der Waals surface area contributed by atoms with Gasteiger partial charge < -0.3 is 15.2 Å². The summed E-state index contributed by atoms with van der Waals surface area (Å²) in [6, 6.07) is 11.3. The van der Waals surface area contributed by atoms with E-state index in [1.807, 2.05) is 29.8 Å². The van der Waals surface area contributed by atoms with Gasteiger partial charge in [0.05, 0.1) is 23.2 Å². The summed E-state index contributed by atoms with van der Waals surface area (Å²) in [5.74, 6) is 0.669. The Balaban J connectivity index is 0.00000288. The Hall–Kier alpha value is -1.43. The number of nitrogens with zero attached hydrogens (tertiary/aromatic N) is 3. The molecule has 0 saturated heterocycles. The molecule has 0 spiro atoms. The average molecular weight is 478 g/mol. The molecule has 8 heteroatoms. The van der Waals surface area contributed by atoms with Crippen LogP contribution in [-0.4, -0.2) is 17.6 Å². The number of nitrogens with one attached hydrogen (secondary N) is 2. The highest BCUT2D eigenvalue weighted by atomic mass is 127. The number of hydrogen-bond acceptors (Lipinski definition) is 2. The molecule has 0 saturated carbocycles. The SMILES string of the molecule is CN=C(NCc1ccc(C#N)cc1)NCc1cc(Cl)c(Cl)n1C.I. The maximum atomic E-state index is 8.79. The highest BCUT2D eigenvalue weighted by Gasteiger charge is 2.09. The summed E-state index contributed by atoms with van der Waals surface area (Å²) in [5.41, 5.74) is 2.67. The molecule has 0 amide bonds. The van der Waals surface area contributed by atoms with Crippen LogP contribution in [0.3, 0.4) is 0 Å². The number of rotatable bonds is 4. The van der Waals surface area contributed by atoms with E-state index < -0.39 is 0 Å². The van der Waals surface area contributed by atoms with Crippen LogP contribution in [0.15, 0.2) is 35.3 Å². The summed E-state index contributed by atoms with van der Waals surface area (Å²) in [6.07, 6.45) is 0. The van der Waals surface area contributed by atoms with Gasteiger partial charge in [-0.25, -0.2) is 0 Å². The molecule has 1 aromatic heterocycles. The molecule has 128 valence electrons. The fourth-order valence-corrected chi connectivity index (χ4v) is 2.45. The number of halogens is 3. The summed E-state index contributed by atoms with van der Waals surface area (Å²) in [5, 5.41) is 16.3. The zero-order valence-corrected chi connectivity index (χ0v) is 17.1. The molecule has 0 aliphatic carbocycles. The van der Waals surface area contributed by atoms with E-state index in [0.29, 0.717) is 34.8 Å². The first kappa shape index (κ1) is 20.6. The van der Waals surface area contributed by atoms with Crippen LogP contribution < -0.4 is 10.6 Å². The Labute approximate surface area is 168 Å². The fourth-order valence-electron chi connectivity index (χ4n) is 2.04. The van der Waals surface area contributed by atoms with E-state index in [4.69, 9.17) is 28.5 Å². The molecular formula is C16H18Cl2IN5. The Morgan fingerprint density at radius 2 is 1.83 bits per heavy atom. The zero-order chi connectivity index (χ0) is 16.8. The van der Waals surface area contributed by atoms with E-state index in [1.54, 1.807) is 19.2 Å². The maximum Gasteiger partial charge on any atom is 0.191 e. The van der Waals surface area contributed by atoms with Crippen molar-refractivity contribution in [2.75, 3.05) is 7.05 Å². The van der Waals surface area contributed by atoms with Gasteiger partial charge in [0, 0.05) is 26.3 Å². The van der Waals surface area contributed by atoms with E-state index in [2.05, 4.69) is 21.7 Å². The van der Waals surface area contributed by atoms with E-state index in [1.165, 1.54) is 0 Å². The lowest BCUT2D eigenvalue weighted by atomic mass is 10.1. The number of hydrogen-bond donors (Lipinski definition) is 2. The van der Waals surface area contributed by atoms with Crippen molar-refractivity contribution in [2.45, 2.75) is 13.1 Å². The Morgan fingerprint density at radius 1 is 1.21 bits per heavy atom. The van der Waals surface area contributed by atoms with Gasteiger partial charge in [-0.2, -0.15) is 5.26 Å². The lowest BCUT2D eigenvalue weighted by molar-refractivity contribution is 0.750. The summed E-state index contributed by atoms with van der Waals surface area (Å²) in [6.45, 7) is 1.16. The predicted octanol–water partition coefficient (Wildman–Crippen LogP) is 3.69. The van der Waals surface area contributed by atoms with Crippen LogP contribution in [0.4, 0.5) is 0 Å². The summed E-state index contributed by atoms with van der Waals surface area (Å²) in [7, 11) is 3.57. The Bertz CT molecular complexity index is 747. The normalized spacial score (nSPS) is 10.7. The van der Waals surface area contributed by atoms with Crippen LogP contribution in [0.5, 0.6) is 0 Å². The molecule has 5 nitrogen and oxygen atoms in total. The van der Waals surface area contributed by atoms with Crippen LogP contribution in [0.2, 0.25) is 10.2 Å². The van der Waals surface area contributed by atoms with Gasteiger partial charge in [0.15, 0.2) is 5.96 Å². The fraction of sp³-hybridized carbons (Fsp3) is 0.250. The number of aliphatic imine (C=N–C) groups is 1. The maximum absolute atomic E-state index is 8.79. The van der Waals surface area contributed by atoms with E-state index in [9.17, 15) is 0 Å². The third-order valence-electron chi connectivity index (χ3n) is 3.42. The van der Waals surface area contributed by atoms with E-state index >= 15 is 0 Å². The van der Waals surface area contributed by atoms with Gasteiger partial charge >= 0.3 is 0 Å². The third kappa shape index (κ3) is 5.30. The van der Waals surface area contributed by atoms with Gasteiger partial charge in [0.2, 0.25) is 0 Å². The summed E-state index contributed by atoms with van der Waals surface area (Å²) >= 11 is 12.0. The van der Waals surface area contributed by atoms with Crippen LogP contribution in [-0.2, 0) is 20.1 Å². The van der Waals surface area contributed by atoms with Crippen molar-refractivity contribution >= 4 is 53.1 Å². The van der Waals surface area contributed by atoms with Gasteiger partial charge in [0.25, 0.3) is 0 Å². The molecule has 1 aromatic carbocycles. The molecule has 0 aliphatic heterocycles. The third-order valence-corrected chi connectivity index (χ3v) is 4.26. The van der Waals surface area contributed by atoms with Crippen molar-refractivity contribution in [3.63, 3.8) is 0 Å². The van der Waals surface area contributed by atoms with Gasteiger partial charge in [-0.3, -0.25) is 4.99 Å². The minimum Gasteiger partial charge on any atom is -0.352 e. The van der Waals surface area contributed by atoms with Gasteiger partial charge in [-0.15, -0.1) is 24.0 Å². The molecule has 0 aliphatic rings. The second kappa shape index (κ2) is 9.77. The van der Waals surface area contributed by atoms with Crippen LogP contribution >= 0.6 is 47.2 Å². The van der Waals surface area contributed by atoms with Gasteiger partial charge in [-0.05, 0) is 23.8 Å². The minimum absolute atomic E-state index is 0. The Kier molecular flexibility index (Phi) is 8.39. The molecule has 0 fully saturated rings. The van der Waals surface area contributed by atoms with Crippen LogP contribution in [0, 0.1) is 11.3 Å². The highest BCUT2D eigenvalue weighted by molar-refractivity contribution is 14.0. The first-order valence-electron chi connectivity index (χ1n) is 6.98. The van der Waals surface area contributed by atoms with Crippen molar-refractivity contribution in [3.8, 4) is 6.07 Å². The molecular weight excluding hydrogens is 460 g/mol. The van der Waals surface area contributed by atoms with Crippen molar-refractivity contribution in [1.82, 2.24) is 15.2 Å². The molecule has 2 rings (SSSR count). The second-order valence-electron chi connectivity index (χ2n) is 4.92. The van der Waals surface area contributed by atoms with Crippen LogP contribution in [0.1, 0.15) is 16.8 Å². The second-order valence-corrected chi connectivity index (χ2v) is 5.69. The van der Waals surface area contributed by atoms with Crippen molar-refractivity contribution in [2.24, 2.45) is 12.0 Å². The molecule has 0 atom stereocenters. The smallest absolute Gasteiger partial charge is 0.191 e. The molecule has 0 radical (unpaired) electrons. The first-order chi connectivity index (χ1) is 11.0. The Morgan fingerprint density at radius 3 is 2.33 bits per heavy atom. The summed E-state index contributed by atoms with van der Waals surface area (Å²) in [4.78, 5) is 4.18. The molecule has 1 heterocycles. The highest BCUT2D eigenvalue weighted by Crippen LogP contribution is 2.24. The van der Waals surface area contributed by atoms with E-state index in [0.717, 1.165) is 11.3 Å². The van der Waals surface area contributed by atoms with Crippen LogP contribution in [0.25, 0.3) is 0 Å². The van der Waals surface area contributed by atoms with Crippen molar-refractivity contribution in [1.29, 1.82) is 5.26 Å². The first-order valence-corrected chi connectivity index (χ1v) is 7.74. The molecule has 0 bridgehead atoms. The average Bonchev–Trinajstić information content (AvgIpc) is 2.82. The molecule has 0 unspecified atom stereocenters. The number of nitriles is 1. The minimum atomic E-state index is 0. The molecule has 2 aromatic rings. The van der Waals surface area contributed by atoms with E-state index in [-0.39, 0.29) is 24.0 Å². The zero-order valence-electron chi connectivity index (χ0n) is 13.3. The van der Waals surface area contributed by atoms with Crippen molar-refractivity contribution < 1.29 is 0 Å². The molecule has 2 N–H and O–H groups in total. The summed E-state index contributed by atoms with van der Waals surface area (Å²) < 4.78 is 1.82. The predicted molar refractivity (Wildman–Crippen MR) is 109 cm³/mol. The standard InChI is InChI=1S/C16H17Cl2N5.HI/c1-20-16(21-9-12-5-3-11(8-19)4-6-12)22-10-13-7-14(17)15(18)23(13)2;/h3-7H,9-10H2,1-2H3,(H2,20,21,22);1H. The quantitative estimate of drug-likeness (QED) is 0.401. The topological polar surface area (TPSA) is 65.1 Å². The lowest BCUT2D eigenvalue weighted by Crippen LogP contribution is -2.36. The van der Waals surface area contributed by atoms with Crippen molar-refractivity contribution in [3.05, 3.63) is 57.3 Å². The van der Waals surface area contributed by atoms with Gasteiger partial charge in [-0.1, -0.05) is 35.3 Å². The monoisotopic (exact) mass is 477 g/mol. The number of aromatic nitrogens is 1. The number of guanidine groups is 1.